The van der Waals surface area contributed by atoms with Crippen molar-refractivity contribution in [3.05, 3.63) is 41.9 Å². The number of carbonyl (C=O) groups is 3. The van der Waals surface area contributed by atoms with Crippen molar-refractivity contribution in [2.45, 2.75) is 38.8 Å². The molecule has 0 aliphatic rings. The predicted molar refractivity (Wildman–Crippen MR) is 118 cm³/mol. The Labute approximate surface area is 199 Å². The molecule has 2 rings (SSSR count). The van der Waals surface area contributed by atoms with Crippen LogP contribution in [0.25, 0.3) is 0 Å². The van der Waals surface area contributed by atoms with Crippen LogP contribution in [0.2, 0.25) is 0 Å². The second kappa shape index (κ2) is 12.6. The Morgan fingerprint density at radius 3 is 2.57 bits per heavy atom. The zero-order valence-corrected chi connectivity index (χ0v) is 19.1. The number of pyridine rings is 1. The first-order chi connectivity index (χ1) is 16.6. The number of unbranched alkanes of at least 4 members (excludes halogenated alkanes) is 2. The number of alkyl halides is 3. The van der Waals surface area contributed by atoms with E-state index in [0.29, 0.717) is 24.1 Å². The Morgan fingerprint density at radius 2 is 1.97 bits per heavy atom. The van der Waals surface area contributed by atoms with Gasteiger partial charge in [0.2, 0.25) is 18.3 Å². The third kappa shape index (κ3) is 7.88. The number of hydrazine groups is 1. The Balaban J connectivity index is 2.20. The summed E-state index contributed by atoms with van der Waals surface area (Å²) in [5.41, 5.74) is 2.08. The smallest absolute Gasteiger partial charge is 0.296 e. The summed E-state index contributed by atoms with van der Waals surface area (Å²) in [5.74, 6) is -3.03. The molecule has 3 amide bonds. The molecule has 0 aromatic carbocycles. The van der Waals surface area contributed by atoms with Crippen LogP contribution < -0.4 is 15.8 Å². The molecule has 11 nitrogen and oxygen atoms in total. The number of nitrogens with one attached hydrogen (secondary N) is 2. The molecule has 0 saturated heterocycles. The summed E-state index contributed by atoms with van der Waals surface area (Å²) < 4.78 is 41.0. The average molecular weight is 497 g/mol. The van der Waals surface area contributed by atoms with Crippen molar-refractivity contribution in [3.8, 4) is 0 Å². The highest BCUT2D eigenvalue weighted by Crippen LogP contribution is 2.31. The highest BCUT2D eigenvalue weighted by molar-refractivity contribution is 6.05. The number of hydroxylamine groups is 2. The van der Waals surface area contributed by atoms with E-state index in [2.05, 4.69) is 25.8 Å². The van der Waals surface area contributed by atoms with E-state index in [9.17, 15) is 32.8 Å². The number of carbonyl (C=O) groups excluding carboxylic acids is 3. The average Bonchev–Trinajstić information content (AvgIpc) is 2.85. The zero-order chi connectivity index (χ0) is 26.0. The second-order valence-electron chi connectivity index (χ2n) is 7.54. The monoisotopic (exact) mass is 497 g/mol. The third-order valence-corrected chi connectivity index (χ3v) is 4.94. The van der Waals surface area contributed by atoms with Gasteiger partial charge in [0.05, 0.1) is 18.0 Å². The molecule has 0 saturated carbocycles. The fraction of sp³-hybridized carbons (Fsp3) is 0.429. The van der Waals surface area contributed by atoms with Crippen LogP contribution in [0.1, 0.15) is 48.7 Å². The van der Waals surface area contributed by atoms with E-state index in [-0.39, 0.29) is 18.8 Å². The molecule has 0 unspecified atom stereocenters. The number of hydrogen-bond donors (Lipinski definition) is 3. The van der Waals surface area contributed by atoms with Gasteiger partial charge in [-0.2, -0.15) is 13.2 Å². The first-order valence-corrected chi connectivity index (χ1v) is 10.7. The molecule has 0 aliphatic carbocycles. The van der Waals surface area contributed by atoms with Gasteiger partial charge >= 0.3 is 6.18 Å². The highest BCUT2D eigenvalue weighted by Gasteiger charge is 2.39. The van der Waals surface area contributed by atoms with Crippen LogP contribution in [-0.4, -0.2) is 57.0 Å². The molecule has 0 bridgehead atoms. The maximum Gasteiger partial charge on any atom is 0.434 e. The van der Waals surface area contributed by atoms with Crippen molar-refractivity contribution in [1.82, 2.24) is 25.4 Å². The maximum absolute atomic E-state index is 13.7. The lowest BCUT2D eigenvalue weighted by molar-refractivity contribution is -0.154. The Hall–Kier alpha value is -3.81. The summed E-state index contributed by atoms with van der Waals surface area (Å²) in [5, 5.41) is 9.74. The maximum atomic E-state index is 13.7. The first kappa shape index (κ1) is 27.4. The van der Waals surface area contributed by atoms with Crippen LogP contribution in [0, 0.1) is 5.92 Å². The van der Waals surface area contributed by atoms with Gasteiger partial charge in [-0.15, -0.1) is 0 Å². The molecule has 14 heteroatoms. The Kier molecular flexibility index (Phi) is 9.87. The number of anilines is 2. The summed E-state index contributed by atoms with van der Waals surface area (Å²) >= 11 is 0. The molecule has 190 valence electrons. The number of nitrogens with zero attached hydrogens (tertiary/aromatic N) is 5. The fourth-order valence-electron chi connectivity index (χ4n) is 3.09. The largest absolute Gasteiger partial charge is 0.434 e. The van der Waals surface area contributed by atoms with Gasteiger partial charge in [-0.25, -0.2) is 20.0 Å². The van der Waals surface area contributed by atoms with Crippen molar-refractivity contribution < 1.29 is 32.8 Å². The van der Waals surface area contributed by atoms with Gasteiger partial charge < -0.3 is 0 Å². The van der Waals surface area contributed by atoms with Crippen LogP contribution in [-0.2, 0) is 15.8 Å². The van der Waals surface area contributed by atoms with Crippen LogP contribution in [0.5, 0.6) is 0 Å². The van der Waals surface area contributed by atoms with E-state index in [4.69, 9.17) is 0 Å². The van der Waals surface area contributed by atoms with Crippen molar-refractivity contribution in [2.75, 3.05) is 23.9 Å². The van der Waals surface area contributed by atoms with E-state index < -0.39 is 41.1 Å². The zero-order valence-electron chi connectivity index (χ0n) is 19.1. The van der Waals surface area contributed by atoms with Gasteiger partial charge in [-0.1, -0.05) is 32.3 Å². The number of hydrogen-bond acceptors (Lipinski definition) is 8. The molecule has 2 heterocycles. The minimum atomic E-state index is -5.00. The molecule has 0 aliphatic heterocycles. The number of aromatic nitrogens is 3. The molecule has 2 aromatic heterocycles. The number of halogens is 3. The van der Waals surface area contributed by atoms with Crippen molar-refractivity contribution in [2.24, 2.45) is 5.92 Å². The summed E-state index contributed by atoms with van der Waals surface area (Å²) in [7, 11) is 1.26. The lowest BCUT2D eigenvalue weighted by Crippen LogP contribution is -2.40. The van der Waals surface area contributed by atoms with Gasteiger partial charge in [0.1, 0.15) is 5.82 Å². The fourth-order valence-corrected chi connectivity index (χ4v) is 3.09. The molecule has 1 atom stereocenters. The second-order valence-corrected chi connectivity index (χ2v) is 7.54. The first-order valence-electron chi connectivity index (χ1n) is 10.7. The SMILES string of the molecule is CCCCC[C@H](CN(O)C=O)C(=O)NNc1ncc(C(=O)N(C)c2ccccn2)c(C(F)(F)F)n1. The highest BCUT2D eigenvalue weighted by atomic mass is 19.4. The molecule has 3 N–H and O–H groups in total. The predicted octanol–water partition coefficient (Wildman–Crippen LogP) is 2.65. The van der Waals surface area contributed by atoms with Crippen molar-refractivity contribution in [1.29, 1.82) is 0 Å². The van der Waals surface area contributed by atoms with Gasteiger partial charge in [0.15, 0.2) is 5.69 Å². The van der Waals surface area contributed by atoms with Gasteiger partial charge in [0.25, 0.3) is 5.91 Å². The molecule has 0 radical (unpaired) electrons. The van der Waals surface area contributed by atoms with Gasteiger partial charge in [-0.05, 0) is 18.6 Å². The van der Waals surface area contributed by atoms with Crippen LogP contribution in [0.15, 0.2) is 30.6 Å². The Morgan fingerprint density at radius 1 is 1.23 bits per heavy atom. The van der Waals surface area contributed by atoms with Crippen LogP contribution >= 0.6 is 0 Å². The number of rotatable bonds is 12. The topological polar surface area (TPSA) is 141 Å². The lowest BCUT2D eigenvalue weighted by atomic mass is 10.0. The minimum Gasteiger partial charge on any atom is -0.296 e. The van der Waals surface area contributed by atoms with E-state index in [1.165, 1.54) is 19.3 Å². The Bertz CT molecular complexity index is 1010. The van der Waals surface area contributed by atoms with E-state index >= 15 is 0 Å². The van der Waals surface area contributed by atoms with E-state index in [0.717, 1.165) is 17.7 Å². The van der Waals surface area contributed by atoms with E-state index in [1.54, 1.807) is 12.1 Å². The van der Waals surface area contributed by atoms with Gasteiger partial charge in [0, 0.05) is 19.4 Å². The normalized spacial score (nSPS) is 11.9. The summed E-state index contributed by atoms with van der Waals surface area (Å²) in [4.78, 5) is 47.8. The van der Waals surface area contributed by atoms with Gasteiger partial charge in [-0.3, -0.25) is 35.3 Å². The molecular formula is C21H26F3N7O4. The molecule has 0 spiro atoms. The molecule has 35 heavy (non-hydrogen) atoms. The summed E-state index contributed by atoms with van der Waals surface area (Å²) in [6.45, 7) is 1.65. The van der Waals surface area contributed by atoms with Crippen molar-refractivity contribution >= 4 is 30.0 Å². The molecule has 2 aromatic rings. The van der Waals surface area contributed by atoms with Crippen LogP contribution in [0.3, 0.4) is 0 Å². The molecular weight excluding hydrogens is 471 g/mol. The molecule has 0 fully saturated rings. The quantitative estimate of drug-likeness (QED) is 0.176. The van der Waals surface area contributed by atoms with E-state index in [1.807, 2.05) is 6.92 Å². The standard InChI is InChI=1S/C21H26F3N7O4/c1-3-4-5-8-14(12-31(35)13-32)18(33)28-29-20-26-11-15(17(27-20)21(22,23)24)19(34)30(2)16-9-6-7-10-25-16/h6-7,9-11,13-14,35H,3-5,8,12H2,1-2H3,(H,28,33)(H,26,27,29)/t14-/m1/s1. The summed E-state index contributed by atoms with van der Waals surface area (Å²) in [6.07, 6.45) is -0.122. The van der Waals surface area contributed by atoms with Crippen molar-refractivity contribution in [3.63, 3.8) is 0 Å². The minimum absolute atomic E-state index is 0.127. The van der Waals surface area contributed by atoms with Crippen LogP contribution in [0.4, 0.5) is 24.9 Å². The lowest BCUT2D eigenvalue weighted by Gasteiger charge is -2.20. The summed E-state index contributed by atoms with van der Waals surface area (Å²) in [6, 6.07) is 4.61. The third-order valence-electron chi connectivity index (χ3n) is 4.94. The number of amides is 3.